The molecule has 0 aliphatic heterocycles. The Bertz CT molecular complexity index is 823. The predicted octanol–water partition coefficient (Wildman–Crippen LogP) is 1.42. The molecule has 0 fully saturated rings. The molecule has 0 aliphatic rings. The summed E-state index contributed by atoms with van der Waals surface area (Å²) in [5, 5.41) is 29.0. The van der Waals surface area contributed by atoms with Gasteiger partial charge < -0.3 is 10.4 Å². The first kappa shape index (κ1) is 14.0. The summed E-state index contributed by atoms with van der Waals surface area (Å²) in [7, 11) is 0. The lowest BCUT2D eigenvalue weighted by atomic mass is 10.2. The second kappa shape index (κ2) is 4.28. The van der Waals surface area contributed by atoms with Gasteiger partial charge in [-0.15, -0.1) is 9.46 Å². The average molecular weight is 306 g/mol. The summed E-state index contributed by atoms with van der Waals surface area (Å²) in [4.78, 5) is 11.4. The van der Waals surface area contributed by atoms with E-state index in [2.05, 4.69) is 0 Å². The monoisotopic (exact) mass is 305 g/mol. The summed E-state index contributed by atoms with van der Waals surface area (Å²) in [5.41, 5.74) is -4.98. The molecule has 0 aliphatic carbocycles. The van der Waals surface area contributed by atoms with Crippen molar-refractivity contribution in [2.75, 3.05) is 0 Å². The Kier molecular flexibility index (Phi) is 2.98. The van der Waals surface area contributed by atoms with Crippen LogP contribution in [-0.4, -0.2) is 9.94 Å². The van der Waals surface area contributed by atoms with Gasteiger partial charge in [-0.3, -0.25) is 4.79 Å². The quantitative estimate of drug-likeness (QED) is 0.452. The molecule has 20 heavy (non-hydrogen) atoms. The largest absolute Gasteiger partial charge is 0.617 e. The van der Waals surface area contributed by atoms with E-state index in [1.165, 1.54) is 6.07 Å². The van der Waals surface area contributed by atoms with E-state index in [-0.39, 0.29) is 9.46 Å². The smallest absolute Gasteiger partial charge is 0.417 e. The van der Waals surface area contributed by atoms with Crippen LogP contribution in [0.1, 0.15) is 11.3 Å². The van der Waals surface area contributed by atoms with Gasteiger partial charge >= 0.3 is 17.4 Å². The number of fused-ring (bicyclic) bond motifs is 1. The second-order valence-electron chi connectivity index (χ2n) is 3.69. The number of halogens is 4. The summed E-state index contributed by atoms with van der Waals surface area (Å²) in [6.07, 6.45) is -4.83. The van der Waals surface area contributed by atoms with Gasteiger partial charge in [-0.05, 0) is 6.07 Å². The maximum absolute atomic E-state index is 12.7. The van der Waals surface area contributed by atoms with Crippen molar-refractivity contribution in [3.63, 3.8) is 0 Å². The summed E-state index contributed by atoms with van der Waals surface area (Å²) in [6, 6.07) is 2.23. The molecule has 1 aromatic carbocycles. The number of nitrogens with zero attached hydrogens (tertiary/aromatic N) is 3. The summed E-state index contributed by atoms with van der Waals surface area (Å²) < 4.78 is 37.6. The first-order valence-electron chi connectivity index (χ1n) is 4.87. The van der Waals surface area contributed by atoms with Gasteiger partial charge in [0.25, 0.3) is 0 Å². The van der Waals surface area contributed by atoms with E-state index in [9.17, 15) is 28.4 Å². The Morgan fingerprint density at radius 1 is 1.45 bits per heavy atom. The van der Waals surface area contributed by atoms with Crippen LogP contribution in [0.4, 0.5) is 13.2 Å². The summed E-state index contributed by atoms with van der Waals surface area (Å²) in [6.45, 7) is 0. The van der Waals surface area contributed by atoms with Crippen LogP contribution in [0.25, 0.3) is 11.0 Å². The molecular formula is C10H3ClF3N3O3. The molecule has 0 amide bonds. The van der Waals surface area contributed by atoms with Gasteiger partial charge in [0.1, 0.15) is 0 Å². The van der Waals surface area contributed by atoms with E-state index in [0.29, 0.717) is 12.1 Å². The van der Waals surface area contributed by atoms with Crippen molar-refractivity contribution in [3.8, 4) is 6.07 Å². The number of rotatable bonds is 0. The molecule has 0 atom stereocenters. The van der Waals surface area contributed by atoms with E-state index >= 15 is 0 Å². The van der Waals surface area contributed by atoms with Crippen molar-refractivity contribution in [1.29, 1.82) is 5.26 Å². The third-order valence-electron chi connectivity index (χ3n) is 2.52. The van der Waals surface area contributed by atoms with Crippen LogP contribution in [0.3, 0.4) is 0 Å². The second-order valence-corrected chi connectivity index (χ2v) is 4.10. The molecule has 2 aromatic rings. The highest BCUT2D eigenvalue weighted by atomic mass is 35.5. The third-order valence-corrected chi connectivity index (χ3v) is 2.83. The minimum absolute atomic E-state index is 0.184. The fourth-order valence-corrected chi connectivity index (χ4v) is 1.88. The molecule has 0 bridgehead atoms. The fourth-order valence-electron chi connectivity index (χ4n) is 1.61. The van der Waals surface area contributed by atoms with Crippen molar-refractivity contribution in [3.05, 3.63) is 44.0 Å². The Labute approximate surface area is 113 Å². The van der Waals surface area contributed by atoms with Crippen LogP contribution in [0, 0.1) is 16.5 Å². The normalized spacial score (nSPS) is 11.6. The lowest BCUT2D eigenvalue weighted by molar-refractivity contribution is -0.581. The molecule has 1 heterocycles. The topological polar surface area (TPSA) is 93.0 Å². The number of benzene rings is 1. The molecule has 1 aromatic heterocycles. The van der Waals surface area contributed by atoms with Gasteiger partial charge in [0, 0.05) is 6.07 Å². The molecule has 6 nitrogen and oxygen atoms in total. The lowest BCUT2D eigenvalue weighted by Crippen LogP contribution is -2.42. The molecule has 104 valence electrons. The van der Waals surface area contributed by atoms with Gasteiger partial charge in [-0.1, -0.05) is 11.6 Å². The molecular weight excluding hydrogens is 303 g/mol. The van der Waals surface area contributed by atoms with Gasteiger partial charge in [0.2, 0.25) is 5.52 Å². The third kappa shape index (κ3) is 1.90. The van der Waals surface area contributed by atoms with Crippen LogP contribution in [0.2, 0.25) is 5.02 Å². The minimum Gasteiger partial charge on any atom is -0.617 e. The Hall–Kier alpha value is -2.47. The maximum atomic E-state index is 12.7. The number of hydrogen-bond acceptors (Lipinski definition) is 4. The first-order chi connectivity index (χ1) is 9.18. The van der Waals surface area contributed by atoms with E-state index in [1.807, 2.05) is 0 Å². The van der Waals surface area contributed by atoms with Gasteiger partial charge in [0.05, 0.1) is 10.6 Å². The highest BCUT2D eigenvalue weighted by Crippen LogP contribution is 2.36. The lowest BCUT2D eigenvalue weighted by Gasteiger charge is -2.11. The molecule has 0 saturated heterocycles. The molecule has 0 radical (unpaired) electrons. The minimum atomic E-state index is -4.83. The van der Waals surface area contributed by atoms with Crippen molar-refractivity contribution < 1.29 is 23.1 Å². The fraction of sp³-hybridized carbons (Fsp3) is 0.100. The van der Waals surface area contributed by atoms with E-state index in [0.717, 1.165) is 0 Å². The molecule has 0 unspecified atom stereocenters. The maximum Gasteiger partial charge on any atom is 0.417 e. The Morgan fingerprint density at radius 2 is 2.05 bits per heavy atom. The number of alkyl halides is 3. The number of nitriles is 1. The van der Waals surface area contributed by atoms with Crippen molar-refractivity contribution in [2.24, 2.45) is 0 Å². The van der Waals surface area contributed by atoms with Crippen molar-refractivity contribution >= 4 is 22.6 Å². The van der Waals surface area contributed by atoms with Crippen LogP contribution < -0.4 is 10.3 Å². The standard InChI is InChI=1S/C10H3ClF3N3O3/c11-5-2-7-6(1-4(5)10(12,13)14)17(20)9(18)8(3-15)16(7)19/h1-2,20H. The zero-order valence-electron chi connectivity index (χ0n) is 9.27. The molecule has 1 N–H and O–H groups in total. The van der Waals surface area contributed by atoms with E-state index < -0.39 is 39.0 Å². The Morgan fingerprint density at radius 3 is 2.55 bits per heavy atom. The van der Waals surface area contributed by atoms with Crippen LogP contribution >= 0.6 is 11.6 Å². The zero-order chi connectivity index (χ0) is 15.2. The van der Waals surface area contributed by atoms with Crippen LogP contribution in [0.5, 0.6) is 0 Å². The van der Waals surface area contributed by atoms with Gasteiger partial charge in [0.15, 0.2) is 11.6 Å². The number of aromatic nitrogens is 2. The number of hydrogen-bond donors (Lipinski definition) is 1. The Balaban J connectivity index is 3.03. The summed E-state index contributed by atoms with van der Waals surface area (Å²) in [5.74, 6) is 0. The SMILES string of the molecule is N#Cc1c(=O)n(O)c2cc(C(F)(F)F)c(Cl)cc2[n+]1[O-]. The molecule has 10 heteroatoms. The van der Waals surface area contributed by atoms with Crippen molar-refractivity contribution in [1.82, 2.24) is 4.73 Å². The summed E-state index contributed by atoms with van der Waals surface area (Å²) >= 11 is 5.42. The van der Waals surface area contributed by atoms with Gasteiger partial charge in [-0.25, -0.2) is 0 Å². The molecule has 0 spiro atoms. The van der Waals surface area contributed by atoms with Crippen molar-refractivity contribution in [2.45, 2.75) is 6.18 Å². The highest BCUT2D eigenvalue weighted by Gasteiger charge is 2.35. The zero-order valence-corrected chi connectivity index (χ0v) is 10.0. The van der Waals surface area contributed by atoms with Crippen LogP contribution in [-0.2, 0) is 6.18 Å². The predicted molar refractivity (Wildman–Crippen MR) is 59.1 cm³/mol. The molecule has 2 rings (SSSR count). The van der Waals surface area contributed by atoms with Crippen LogP contribution in [0.15, 0.2) is 16.9 Å². The van der Waals surface area contributed by atoms with E-state index in [1.54, 1.807) is 0 Å². The van der Waals surface area contributed by atoms with E-state index in [4.69, 9.17) is 16.9 Å². The highest BCUT2D eigenvalue weighted by molar-refractivity contribution is 6.32. The average Bonchev–Trinajstić information content (AvgIpc) is 2.35. The van der Waals surface area contributed by atoms with Gasteiger partial charge in [-0.2, -0.15) is 18.4 Å². The first-order valence-corrected chi connectivity index (χ1v) is 5.24. The molecule has 0 saturated carbocycles.